The van der Waals surface area contributed by atoms with Gasteiger partial charge >= 0.3 is 0 Å². The highest BCUT2D eigenvalue weighted by Gasteiger charge is 2.21. The van der Waals surface area contributed by atoms with Crippen LogP contribution in [0.4, 0.5) is 0 Å². The maximum Gasteiger partial charge on any atom is 0.254 e. The third-order valence-corrected chi connectivity index (χ3v) is 5.51. The highest BCUT2D eigenvalue weighted by Crippen LogP contribution is 2.28. The molecule has 1 saturated heterocycles. The number of nitrogens with zero attached hydrogens (tertiary/aromatic N) is 2. The van der Waals surface area contributed by atoms with Crippen LogP contribution in [0.25, 0.3) is 22.2 Å². The molecule has 0 bridgehead atoms. The molecule has 0 spiro atoms. The van der Waals surface area contributed by atoms with E-state index in [0.717, 1.165) is 63.7 Å². The number of halogens is 1. The molecule has 3 aromatic rings. The smallest absolute Gasteiger partial charge is 0.254 e. The van der Waals surface area contributed by atoms with E-state index in [2.05, 4.69) is 35.0 Å². The lowest BCUT2D eigenvalue weighted by atomic mass is 10.0. The molecule has 132 valence electrons. The predicted octanol–water partition coefficient (Wildman–Crippen LogP) is 5.60. The van der Waals surface area contributed by atoms with Gasteiger partial charge in [-0.3, -0.25) is 4.79 Å². The van der Waals surface area contributed by atoms with E-state index in [1.807, 2.05) is 41.3 Å². The molecule has 3 nitrogen and oxygen atoms in total. The van der Waals surface area contributed by atoms with Crippen LogP contribution in [0.15, 0.2) is 53.0 Å². The zero-order valence-corrected chi connectivity index (χ0v) is 16.4. The van der Waals surface area contributed by atoms with Crippen LogP contribution in [0.5, 0.6) is 0 Å². The molecule has 26 heavy (non-hydrogen) atoms. The number of rotatable bonds is 2. The number of aryl methyl sites for hydroxylation is 1. The Balaban J connectivity index is 1.86. The second kappa shape index (κ2) is 7.20. The topological polar surface area (TPSA) is 33.2 Å². The summed E-state index contributed by atoms with van der Waals surface area (Å²) in [4.78, 5) is 20.1. The Labute approximate surface area is 162 Å². The van der Waals surface area contributed by atoms with Crippen molar-refractivity contribution in [2.75, 3.05) is 13.1 Å². The number of carbonyl (C=O) groups is 1. The van der Waals surface area contributed by atoms with Crippen molar-refractivity contribution in [3.8, 4) is 11.3 Å². The summed E-state index contributed by atoms with van der Waals surface area (Å²) in [7, 11) is 0. The zero-order valence-electron chi connectivity index (χ0n) is 14.8. The van der Waals surface area contributed by atoms with Crippen molar-refractivity contribution in [3.63, 3.8) is 0 Å². The van der Waals surface area contributed by atoms with Gasteiger partial charge in [-0.1, -0.05) is 39.7 Å². The molecular formula is C22H21BrN2O. The van der Waals surface area contributed by atoms with Gasteiger partial charge in [0, 0.05) is 28.5 Å². The van der Waals surface area contributed by atoms with Crippen LogP contribution in [0.2, 0.25) is 0 Å². The first-order valence-corrected chi connectivity index (χ1v) is 9.88. The monoisotopic (exact) mass is 408 g/mol. The number of hydrogen-bond acceptors (Lipinski definition) is 2. The molecule has 4 rings (SSSR count). The quantitative estimate of drug-likeness (QED) is 0.552. The van der Waals surface area contributed by atoms with E-state index in [0.29, 0.717) is 0 Å². The molecule has 2 heterocycles. The summed E-state index contributed by atoms with van der Waals surface area (Å²) in [5.74, 6) is 0.126. The summed E-state index contributed by atoms with van der Waals surface area (Å²) in [6, 6.07) is 16.2. The van der Waals surface area contributed by atoms with Gasteiger partial charge in [0.1, 0.15) is 0 Å². The predicted molar refractivity (Wildman–Crippen MR) is 109 cm³/mol. The van der Waals surface area contributed by atoms with Crippen molar-refractivity contribution in [2.24, 2.45) is 0 Å². The maximum atomic E-state index is 13.3. The standard InChI is InChI=1S/C22H21BrN2O/c1-15-5-10-20-18(13-15)19(22(26)25-11-3-2-4-12-25)14-21(24-20)16-6-8-17(23)9-7-16/h5-10,13-14H,2-4,11-12H2,1H3. The van der Waals surface area contributed by atoms with Crippen molar-refractivity contribution in [3.05, 3.63) is 64.1 Å². The molecule has 1 aliphatic rings. The number of pyridine rings is 1. The van der Waals surface area contributed by atoms with E-state index in [4.69, 9.17) is 4.98 Å². The van der Waals surface area contributed by atoms with Crippen molar-refractivity contribution < 1.29 is 4.79 Å². The molecular weight excluding hydrogens is 388 g/mol. The molecule has 2 aromatic carbocycles. The minimum absolute atomic E-state index is 0.126. The molecule has 0 saturated carbocycles. The van der Waals surface area contributed by atoms with Crippen LogP contribution in [-0.4, -0.2) is 28.9 Å². The average Bonchev–Trinajstić information content (AvgIpc) is 2.68. The molecule has 0 N–H and O–H groups in total. The van der Waals surface area contributed by atoms with Gasteiger partial charge in [0.2, 0.25) is 0 Å². The molecule has 1 fully saturated rings. The van der Waals surface area contributed by atoms with Gasteiger partial charge in [0.25, 0.3) is 5.91 Å². The highest BCUT2D eigenvalue weighted by atomic mass is 79.9. The Kier molecular flexibility index (Phi) is 4.77. The van der Waals surface area contributed by atoms with Crippen molar-refractivity contribution in [1.82, 2.24) is 9.88 Å². The minimum Gasteiger partial charge on any atom is -0.339 e. The average molecular weight is 409 g/mol. The first-order chi connectivity index (χ1) is 12.6. The van der Waals surface area contributed by atoms with Gasteiger partial charge in [0.05, 0.1) is 16.8 Å². The molecule has 1 aromatic heterocycles. The highest BCUT2D eigenvalue weighted by molar-refractivity contribution is 9.10. The number of carbonyl (C=O) groups excluding carboxylic acids is 1. The molecule has 0 unspecified atom stereocenters. The second-order valence-electron chi connectivity index (χ2n) is 6.94. The summed E-state index contributed by atoms with van der Waals surface area (Å²) in [6.45, 7) is 3.75. The SMILES string of the molecule is Cc1ccc2nc(-c3ccc(Br)cc3)cc(C(=O)N3CCCCC3)c2c1. The largest absolute Gasteiger partial charge is 0.339 e. The van der Waals surface area contributed by atoms with Crippen molar-refractivity contribution in [1.29, 1.82) is 0 Å². The molecule has 0 aliphatic carbocycles. The van der Waals surface area contributed by atoms with E-state index in [1.165, 1.54) is 6.42 Å². The summed E-state index contributed by atoms with van der Waals surface area (Å²) in [5, 5.41) is 0.946. The van der Waals surface area contributed by atoms with Crippen molar-refractivity contribution >= 4 is 32.7 Å². The lowest BCUT2D eigenvalue weighted by Gasteiger charge is -2.27. The summed E-state index contributed by atoms with van der Waals surface area (Å²) in [6.07, 6.45) is 3.39. The number of amides is 1. The van der Waals surface area contributed by atoms with Crippen molar-refractivity contribution in [2.45, 2.75) is 26.2 Å². The lowest BCUT2D eigenvalue weighted by Crippen LogP contribution is -2.35. The Morgan fingerprint density at radius 3 is 2.46 bits per heavy atom. The van der Waals surface area contributed by atoms with Crippen LogP contribution >= 0.6 is 15.9 Å². The summed E-state index contributed by atoms with van der Waals surface area (Å²) >= 11 is 3.47. The molecule has 1 aliphatic heterocycles. The fraction of sp³-hybridized carbons (Fsp3) is 0.273. The van der Waals surface area contributed by atoms with E-state index in [9.17, 15) is 4.79 Å². The molecule has 1 amide bonds. The van der Waals surface area contributed by atoms with E-state index in [-0.39, 0.29) is 5.91 Å². The van der Waals surface area contributed by atoms with Gasteiger partial charge < -0.3 is 4.90 Å². The summed E-state index contributed by atoms with van der Waals surface area (Å²) < 4.78 is 1.03. The zero-order chi connectivity index (χ0) is 18.1. The van der Waals surface area contributed by atoms with E-state index < -0.39 is 0 Å². The molecule has 0 radical (unpaired) electrons. The van der Waals surface area contributed by atoms with E-state index in [1.54, 1.807) is 0 Å². The van der Waals surface area contributed by atoms with E-state index >= 15 is 0 Å². The number of benzene rings is 2. The Bertz CT molecular complexity index is 960. The number of hydrogen-bond donors (Lipinski definition) is 0. The van der Waals surface area contributed by atoms with Crippen LogP contribution in [0.3, 0.4) is 0 Å². The Morgan fingerprint density at radius 1 is 1.00 bits per heavy atom. The molecule has 0 atom stereocenters. The summed E-state index contributed by atoms with van der Waals surface area (Å²) in [5.41, 5.74) is 4.64. The van der Waals surface area contributed by atoms with Crippen LogP contribution in [0, 0.1) is 6.92 Å². The minimum atomic E-state index is 0.126. The second-order valence-corrected chi connectivity index (χ2v) is 7.85. The van der Waals surface area contributed by atoms with Crippen LogP contribution in [-0.2, 0) is 0 Å². The van der Waals surface area contributed by atoms with Gasteiger partial charge in [-0.05, 0) is 56.5 Å². The van der Waals surface area contributed by atoms with Gasteiger partial charge in [0.15, 0.2) is 0 Å². The maximum absolute atomic E-state index is 13.3. The number of fused-ring (bicyclic) bond motifs is 1. The number of piperidine rings is 1. The van der Waals surface area contributed by atoms with Gasteiger partial charge in [-0.25, -0.2) is 4.98 Å². The lowest BCUT2D eigenvalue weighted by molar-refractivity contribution is 0.0726. The number of likely N-dealkylation sites (tertiary alicyclic amines) is 1. The third-order valence-electron chi connectivity index (χ3n) is 4.98. The van der Waals surface area contributed by atoms with Gasteiger partial charge in [-0.2, -0.15) is 0 Å². The fourth-order valence-corrected chi connectivity index (χ4v) is 3.82. The first kappa shape index (κ1) is 17.2. The fourth-order valence-electron chi connectivity index (χ4n) is 3.55. The van der Waals surface area contributed by atoms with Crippen LogP contribution < -0.4 is 0 Å². The first-order valence-electron chi connectivity index (χ1n) is 9.08. The Morgan fingerprint density at radius 2 is 1.73 bits per heavy atom. The Hall–Kier alpha value is -2.20. The van der Waals surface area contributed by atoms with Gasteiger partial charge in [-0.15, -0.1) is 0 Å². The normalized spacial score (nSPS) is 14.6. The molecule has 4 heteroatoms. The third kappa shape index (κ3) is 3.38. The number of aromatic nitrogens is 1. The van der Waals surface area contributed by atoms with Crippen LogP contribution in [0.1, 0.15) is 35.2 Å².